The number of benzene rings is 1. The summed E-state index contributed by atoms with van der Waals surface area (Å²) in [5.41, 5.74) is 5.04. The highest BCUT2D eigenvalue weighted by atomic mass is 79.9. The molecule has 82 valence electrons. The highest BCUT2D eigenvalue weighted by Crippen LogP contribution is 2.25. The van der Waals surface area contributed by atoms with Crippen LogP contribution in [0.3, 0.4) is 0 Å². The van der Waals surface area contributed by atoms with E-state index in [2.05, 4.69) is 15.9 Å². The predicted octanol–water partition coefficient (Wildman–Crippen LogP) is 1.03. The molecule has 2 atom stereocenters. The molecule has 0 aliphatic heterocycles. The van der Waals surface area contributed by atoms with Crippen molar-refractivity contribution >= 4 is 21.9 Å². The second-order valence-corrected chi connectivity index (χ2v) is 3.81. The van der Waals surface area contributed by atoms with E-state index in [9.17, 15) is 14.3 Å². The van der Waals surface area contributed by atoms with Crippen LogP contribution in [0.2, 0.25) is 0 Å². The van der Waals surface area contributed by atoms with Gasteiger partial charge >= 0.3 is 5.97 Å². The first-order valence-corrected chi connectivity index (χ1v) is 4.84. The van der Waals surface area contributed by atoms with Crippen molar-refractivity contribution in [2.24, 2.45) is 5.73 Å². The van der Waals surface area contributed by atoms with E-state index in [1.54, 1.807) is 0 Å². The van der Waals surface area contributed by atoms with Crippen molar-refractivity contribution in [1.29, 1.82) is 0 Å². The zero-order valence-corrected chi connectivity index (χ0v) is 9.11. The lowest BCUT2D eigenvalue weighted by Crippen LogP contribution is -2.36. The fourth-order valence-corrected chi connectivity index (χ4v) is 1.46. The number of carboxylic acids is 1. The Hall–Kier alpha value is -0.980. The number of carbonyl (C=O) groups is 1. The number of aliphatic carboxylic acids is 1. The van der Waals surface area contributed by atoms with Gasteiger partial charge in [0.1, 0.15) is 18.0 Å². The van der Waals surface area contributed by atoms with Crippen LogP contribution in [-0.2, 0) is 4.79 Å². The molecule has 0 saturated heterocycles. The molecule has 0 aliphatic rings. The summed E-state index contributed by atoms with van der Waals surface area (Å²) in [6.45, 7) is 0. The van der Waals surface area contributed by atoms with Gasteiger partial charge in [0.15, 0.2) is 0 Å². The molecular weight excluding hydrogens is 269 g/mol. The van der Waals surface area contributed by atoms with Crippen LogP contribution in [0.25, 0.3) is 0 Å². The summed E-state index contributed by atoms with van der Waals surface area (Å²) < 4.78 is 13.6. The number of nitrogens with two attached hydrogens (primary N) is 1. The third-order valence-corrected chi connectivity index (χ3v) is 2.54. The average molecular weight is 278 g/mol. The quantitative estimate of drug-likeness (QED) is 0.771. The number of carboxylic acid groups (broad SMARTS) is 1. The van der Waals surface area contributed by atoms with Crippen molar-refractivity contribution in [2.75, 3.05) is 0 Å². The molecule has 2 unspecified atom stereocenters. The van der Waals surface area contributed by atoms with E-state index in [1.165, 1.54) is 18.2 Å². The topological polar surface area (TPSA) is 83.6 Å². The molecule has 0 fully saturated rings. The van der Waals surface area contributed by atoms with Gasteiger partial charge in [-0.25, -0.2) is 4.39 Å². The average Bonchev–Trinajstić information content (AvgIpc) is 2.20. The lowest BCUT2D eigenvalue weighted by atomic mass is 10.0. The van der Waals surface area contributed by atoms with Gasteiger partial charge in [0, 0.05) is 5.56 Å². The minimum Gasteiger partial charge on any atom is -0.480 e. The van der Waals surface area contributed by atoms with Crippen molar-refractivity contribution in [3.63, 3.8) is 0 Å². The number of rotatable bonds is 3. The molecule has 4 nitrogen and oxygen atoms in total. The normalized spacial score (nSPS) is 14.7. The Morgan fingerprint density at radius 1 is 1.53 bits per heavy atom. The summed E-state index contributed by atoms with van der Waals surface area (Å²) in [6.07, 6.45) is -1.57. The first-order valence-electron chi connectivity index (χ1n) is 4.05. The summed E-state index contributed by atoms with van der Waals surface area (Å²) in [7, 11) is 0. The highest BCUT2D eigenvalue weighted by molar-refractivity contribution is 9.10. The Morgan fingerprint density at radius 2 is 2.13 bits per heavy atom. The Labute approximate surface area is 93.6 Å². The molecular formula is C9H9BrFNO3. The van der Waals surface area contributed by atoms with E-state index in [1.807, 2.05) is 0 Å². The molecule has 0 amide bonds. The Bertz CT molecular complexity index is 386. The standard InChI is InChI=1S/C9H9BrFNO3/c10-5-3-1-2-4(6(5)11)8(13)7(12)9(14)15/h1-3,7-8,13H,12H2,(H,14,15). The van der Waals surface area contributed by atoms with Crippen LogP contribution in [-0.4, -0.2) is 22.2 Å². The maximum Gasteiger partial charge on any atom is 0.323 e. The molecule has 0 saturated carbocycles. The predicted molar refractivity (Wildman–Crippen MR) is 54.7 cm³/mol. The Morgan fingerprint density at radius 3 is 2.67 bits per heavy atom. The minimum atomic E-state index is -1.57. The largest absolute Gasteiger partial charge is 0.480 e. The fraction of sp³-hybridized carbons (Fsp3) is 0.222. The summed E-state index contributed by atoms with van der Waals surface area (Å²) in [6, 6.07) is 2.67. The molecule has 1 rings (SSSR count). The summed E-state index contributed by atoms with van der Waals surface area (Å²) in [4.78, 5) is 10.5. The fourth-order valence-electron chi connectivity index (χ4n) is 1.08. The first-order chi connectivity index (χ1) is 6.95. The number of hydrogen-bond acceptors (Lipinski definition) is 3. The second-order valence-electron chi connectivity index (χ2n) is 2.95. The van der Waals surface area contributed by atoms with Crippen molar-refractivity contribution < 1.29 is 19.4 Å². The molecule has 6 heteroatoms. The SMILES string of the molecule is NC(C(=O)O)C(O)c1cccc(Br)c1F. The summed E-state index contributed by atoms with van der Waals surface area (Å²) in [5, 5.41) is 18.1. The van der Waals surface area contributed by atoms with Crippen molar-refractivity contribution in [3.05, 3.63) is 34.1 Å². The Balaban J connectivity index is 3.06. The van der Waals surface area contributed by atoms with Gasteiger partial charge in [0.25, 0.3) is 0 Å². The molecule has 0 aliphatic carbocycles. The van der Waals surface area contributed by atoms with E-state index < -0.39 is 23.9 Å². The first kappa shape index (κ1) is 12.1. The molecule has 4 N–H and O–H groups in total. The summed E-state index contributed by atoms with van der Waals surface area (Å²) >= 11 is 2.93. The molecule has 0 spiro atoms. The van der Waals surface area contributed by atoms with Gasteiger partial charge in [-0.05, 0) is 22.0 Å². The Kier molecular flexibility index (Phi) is 3.78. The van der Waals surface area contributed by atoms with Crippen LogP contribution in [0.15, 0.2) is 22.7 Å². The molecule has 0 aromatic heterocycles. The highest BCUT2D eigenvalue weighted by Gasteiger charge is 2.26. The molecule has 1 aromatic carbocycles. The van der Waals surface area contributed by atoms with Gasteiger partial charge in [0.2, 0.25) is 0 Å². The van der Waals surface area contributed by atoms with E-state index in [4.69, 9.17) is 10.8 Å². The second kappa shape index (κ2) is 4.69. The molecule has 0 bridgehead atoms. The van der Waals surface area contributed by atoms with E-state index in [0.29, 0.717) is 0 Å². The zero-order chi connectivity index (χ0) is 11.6. The third kappa shape index (κ3) is 2.53. The van der Waals surface area contributed by atoms with Crippen LogP contribution >= 0.6 is 15.9 Å². The van der Waals surface area contributed by atoms with Gasteiger partial charge in [-0.2, -0.15) is 0 Å². The van der Waals surface area contributed by atoms with Crippen molar-refractivity contribution in [1.82, 2.24) is 0 Å². The number of aliphatic hydroxyl groups excluding tert-OH is 1. The molecule has 0 heterocycles. The van der Waals surface area contributed by atoms with Crippen LogP contribution in [0.1, 0.15) is 11.7 Å². The van der Waals surface area contributed by atoms with Crippen molar-refractivity contribution in [3.8, 4) is 0 Å². The zero-order valence-electron chi connectivity index (χ0n) is 7.52. The molecule has 15 heavy (non-hydrogen) atoms. The van der Waals surface area contributed by atoms with Crippen molar-refractivity contribution in [2.45, 2.75) is 12.1 Å². The lowest BCUT2D eigenvalue weighted by molar-refractivity contribution is -0.141. The number of hydrogen-bond donors (Lipinski definition) is 3. The maximum absolute atomic E-state index is 13.4. The van der Waals surface area contributed by atoms with Gasteiger partial charge in [-0.15, -0.1) is 0 Å². The van der Waals surface area contributed by atoms with Crippen LogP contribution < -0.4 is 5.73 Å². The van der Waals surface area contributed by atoms with Gasteiger partial charge in [-0.1, -0.05) is 12.1 Å². The van der Waals surface area contributed by atoms with Crippen LogP contribution in [0, 0.1) is 5.82 Å². The van der Waals surface area contributed by atoms with Gasteiger partial charge in [-0.3, -0.25) is 4.79 Å². The number of halogens is 2. The lowest BCUT2D eigenvalue weighted by Gasteiger charge is -2.16. The minimum absolute atomic E-state index is 0.140. The number of aliphatic hydroxyl groups is 1. The van der Waals surface area contributed by atoms with Crippen LogP contribution in [0.5, 0.6) is 0 Å². The maximum atomic E-state index is 13.4. The third-order valence-electron chi connectivity index (χ3n) is 1.93. The van der Waals surface area contributed by atoms with E-state index in [-0.39, 0.29) is 10.0 Å². The smallest absolute Gasteiger partial charge is 0.323 e. The molecule has 0 radical (unpaired) electrons. The monoisotopic (exact) mass is 277 g/mol. The molecule has 1 aromatic rings. The van der Waals surface area contributed by atoms with E-state index in [0.717, 1.165) is 0 Å². The van der Waals surface area contributed by atoms with Gasteiger partial charge in [0.05, 0.1) is 4.47 Å². The van der Waals surface area contributed by atoms with E-state index >= 15 is 0 Å². The van der Waals surface area contributed by atoms with Crippen LogP contribution in [0.4, 0.5) is 4.39 Å². The van der Waals surface area contributed by atoms with Gasteiger partial charge < -0.3 is 15.9 Å². The summed E-state index contributed by atoms with van der Waals surface area (Å²) in [5.74, 6) is -2.09.